The molecule has 1 aromatic heterocycles. The average Bonchev–Trinajstić information content (AvgIpc) is 2.74. The predicted molar refractivity (Wildman–Crippen MR) is 70.1 cm³/mol. The van der Waals surface area contributed by atoms with Gasteiger partial charge in [0.1, 0.15) is 5.82 Å². The lowest BCUT2D eigenvalue weighted by molar-refractivity contribution is 0.759. The summed E-state index contributed by atoms with van der Waals surface area (Å²) < 4.78 is 2.16. The van der Waals surface area contributed by atoms with Crippen LogP contribution in [0.25, 0.3) is 0 Å². The van der Waals surface area contributed by atoms with E-state index < -0.39 is 0 Å². The minimum atomic E-state index is 0.901. The standard InChI is InChI=1S/C14H19N3/c1-12-16-9-10-17(12)11-14-5-3-13(4-6-14)7-8-15-2/h3-6,9-10,15H,7-8,11H2,1-2H3. The molecule has 0 aliphatic rings. The van der Waals surface area contributed by atoms with Crippen molar-refractivity contribution in [2.75, 3.05) is 13.6 Å². The summed E-state index contributed by atoms with van der Waals surface area (Å²) in [6.07, 6.45) is 4.95. The zero-order chi connectivity index (χ0) is 12.1. The second-order valence-corrected chi connectivity index (χ2v) is 4.27. The number of likely N-dealkylation sites (N-methyl/N-ethyl adjacent to an activating group) is 1. The minimum Gasteiger partial charge on any atom is -0.331 e. The number of rotatable bonds is 5. The van der Waals surface area contributed by atoms with Crippen molar-refractivity contribution in [3.8, 4) is 0 Å². The largest absolute Gasteiger partial charge is 0.331 e. The van der Waals surface area contributed by atoms with Crippen molar-refractivity contribution in [1.29, 1.82) is 0 Å². The number of nitrogens with one attached hydrogen (secondary N) is 1. The molecule has 0 fully saturated rings. The summed E-state index contributed by atoms with van der Waals surface area (Å²) >= 11 is 0. The van der Waals surface area contributed by atoms with Crippen LogP contribution >= 0.6 is 0 Å². The van der Waals surface area contributed by atoms with Crippen molar-refractivity contribution >= 4 is 0 Å². The fourth-order valence-electron chi connectivity index (χ4n) is 1.85. The van der Waals surface area contributed by atoms with Crippen LogP contribution in [-0.2, 0) is 13.0 Å². The van der Waals surface area contributed by atoms with Gasteiger partial charge in [0.15, 0.2) is 0 Å². The van der Waals surface area contributed by atoms with Crippen LogP contribution in [0.5, 0.6) is 0 Å². The maximum absolute atomic E-state index is 4.23. The third-order valence-electron chi connectivity index (χ3n) is 2.96. The fraction of sp³-hybridized carbons (Fsp3) is 0.357. The van der Waals surface area contributed by atoms with Gasteiger partial charge >= 0.3 is 0 Å². The number of nitrogens with zero attached hydrogens (tertiary/aromatic N) is 2. The summed E-state index contributed by atoms with van der Waals surface area (Å²) in [5, 5.41) is 3.16. The lowest BCUT2D eigenvalue weighted by Crippen LogP contribution is -2.10. The normalized spacial score (nSPS) is 10.7. The molecule has 0 spiro atoms. The Labute approximate surface area is 103 Å². The molecule has 2 aromatic rings. The van der Waals surface area contributed by atoms with Gasteiger partial charge in [0, 0.05) is 18.9 Å². The molecule has 0 aliphatic heterocycles. The number of imidazole rings is 1. The lowest BCUT2D eigenvalue weighted by atomic mass is 10.1. The van der Waals surface area contributed by atoms with E-state index in [2.05, 4.69) is 39.1 Å². The Kier molecular flexibility index (Phi) is 3.94. The van der Waals surface area contributed by atoms with Crippen molar-refractivity contribution in [1.82, 2.24) is 14.9 Å². The Morgan fingerprint density at radius 2 is 1.88 bits per heavy atom. The van der Waals surface area contributed by atoms with Crippen molar-refractivity contribution in [3.63, 3.8) is 0 Å². The van der Waals surface area contributed by atoms with Gasteiger partial charge in [-0.25, -0.2) is 4.98 Å². The van der Waals surface area contributed by atoms with Crippen LogP contribution in [0.1, 0.15) is 17.0 Å². The number of hydrogen-bond acceptors (Lipinski definition) is 2. The number of aromatic nitrogens is 2. The second-order valence-electron chi connectivity index (χ2n) is 4.27. The van der Waals surface area contributed by atoms with E-state index in [0.29, 0.717) is 0 Å². The highest BCUT2D eigenvalue weighted by Gasteiger charge is 1.99. The molecule has 2 rings (SSSR count). The SMILES string of the molecule is CNCCc1ccc(Cn2ccnc2C)cc1. The first kappa shape index (κ1) is 11.9. The molecule has 0 saturated carbocycles. The van der Waals surface area contributed by atoms with Crippen molar-refractivity contribution < 1.29 is 0 Å². The summed E-state index contributed by atoms with van der Waals surface area (Å²) in [7, 11) is 1.98. The Morgan fingerprint density at radius 1 is 1.18 bits per heavy atom. The van der Waals surface area contributed by atoms with E-state index in [1.807, 2.05) is 26.4 Å². The number of hydrogen-bond donors (Lipinski definition) is 1. The van der Waals surface area contributed by atoms with E-state index in [0.717, 1.165) is 25.3 Å². The molecule has 0 radical (unpaired) electrons. The summed E-state index contributed by atoms with van der Waals surface area (Å²) in [5.74, 6) is 1.06. The Hall–Kier alpha value is -1.61. The first-order valence-corrected chi connectivity index (χ1v) is 6.00. The van der Waals surface area contributed by atoms with Gasteiger partial charge in [-0.1, -0.05) is 24.3 Å². The summed E-state index contributed by atoms with van der Waals surface area (Å²) in [6, 6.07) is 8.81. The predicted octanol–water partition coefficient (Wildman–Crippen LogP) is 2.00. The van der Waals surface area contributed by atoms with Crippen LogP contribution < -0.4 is 5.32 Å². The topological polar surface area (TPSA) is 29.9 Å². The second kappa shape index (κ2) is 5.64. The number of aryl methyl sites for hydroxylation is 1. The van der Waals surface area contributed by atoms with Crippen LogP contribution in [-0.4, -0.2) is 23.1 Å². The van der Waals surface area contributed by atoms with Crippen LogP contribution in [0.3, 0.4) is 0 Å². The first-order valence-electron chi connectivity index (χ1n) is 6.00. The van der Waals surface area contributed by atoms with Crippen LogP contribution in [0.2, 0.25) is 0 Å². The van der Waals surface area contributed by atoms with Crippen molar-refractivity contribution in [2.24, 2.45) is 0 Å². The summed E-state index contributed by atoms with van der Waals surface area (Å²) in [4.78, 5) is 4.23. The van der Waals surface area contributed by atoms with Gasteiger partial charge in [-0.3, -0.25) is 0 Å². The maximum Gasteiger partial charge on any atom is 0.105 e. The molecule has 17 heavy (non-hydrogen) atoms. The molecule has 90 valence electrons. The molecule has 0 aliphatic carbocycles. The third kappa shape index (κ3) is 3.17. The molecule has 0 bridgehead atoms. The average molecular weight is 229 g/mol. The van der Waals surface area contributed by atoms with Gasteiger partial charge in [-0.05, 0) is 38.1 Å². The third-order valence-corrected chi connectivity index (χ3v) is 2.96. The van der Waals surface area contributed by atoms with E-state index >= 15 is 0 Å². The van der Waals surface area contributed by atoms with Crippen LogP contribution in [0, 0.1) is 6.92 Å². The Morgan fingerprint density at radius 3 is 2.47 bits per heavy atom. The molecule has 1 heterocycles. The van der Waals surface area contributed by atoms with Gasteiger partial charge < -0.3 is 9.88 Å². The van der Waals surface area contributed by atoms with E-state index in [9.17, 15) is 0 Å². The van der Waals surface area contributed by atoms with E-state index in [-0.39, 0.29) is 0 Å². The molecule has 0 atom stereocenters. The molecular formula is C14H19N3. The lowest BCUT2D eigenvalue weighted by Gasteiger charge is -2.06. The zero-order valence-corrected chi connectivity index (χ0v) is 10.5. The Balaban J connectivity index is 2.01. The smallest absolute Gasteiger partial charge is 0.105 e. The molecule has 1 aromatic carbocycles. The summed E-state index contributed by atoms with van der Waals surface area (Å²) in [6.45, 7) is 3.96. The molecule has 0 saturated heterocycles. The van der Waals surface area contributed by atoms with E-state index in [4.69, 9.17) is 0 Å². The molecule has 0 unspecified atom stereocenters. The highest BCUT2D eigenvalue weighted by Crippen LogP contribution is 2.08. The van der Waals surface area contributed by atoms with Gasteiger partial charge in [0.25, 0.3) is 0 Å². The monoisotopic (exact) mass is 229 g/mol. The Bertz CT molecular complexity index is 457. The van der Waals surface area contributed by atoms with Crippen LogP contribution in [0.15, 0.2) is 36.7 Å². The van der Waals surface area contributed by atoms with E-state index in [1.54, 1.807) is 0 Å². The molecule has 1 N–H and O–H groups in total. The highest BCUT2D eigenvalue weighted by molar-refractivity contribution is 5.23. The molecule has 3 heteroatoms. The van der Waals surface area contributed by atoms with E-state index in [1.165, 1.54) is 11.1 Å². The van der Waals surface area contributed by atoms with Crippen molar-refractivity contribution in [3.05, 3.63) is 53.6 Å². The molecular weight excluding hydrogens is 210 g/mol. The van der Waals surface area contributed by atoms with Gasteiger partial charge in [-0.2, -0.15) is 0 Å². The van der Waals surface area contributed by atoms with Gasteiger partial charge in [0.05, 0.1) is 0 Å². The van der Waals surface area contributed by atoms with Crippen molar-refractivity contribution in [2.45, 2.75) is 19.9 Å². The maximum atomic E-state index is 4.23. The van der Waals surface area contributed by atoms with Crippen LogP contribution in [0.4, 0.5) is 0 Å². The highest BCUT2D eigenvalue weighted by atomic mass is 15.0. The minimum absolute atomic E-state index is 0.901. The molecule has 0 amide bonds. The first-order chi connectivity index (χ1) is 8.29. The van der Waals surface area contributed by atoms with Gasteiger partial charge in [0.2, 0.25) is 0 Å². The zero-order valence-electron chi connectivity index (χ0n) is 10.5. The quantitative estimate of drug-likeness (QED) is 0.850. The molecule has 3 nitrogen and oxygen atoms in total. The van der Waals surface area contributed by atoms with Gasteiger partial charge in [-0.15, -0.1) is 0 Å². The number of benzene rings is 1. The summed E-state index contributed by atoms with van der Waals surface area (Å²) in [5.41, 5.74) is 2.70. The fourth-order valence-corrected chi connectivity index (χ4v) is 1.85.